The van der Waals surface area contributed by atoms with Crippen LogP contribution in [0.1, 0.15) is 156 Å². The molecule has 2 saturated heterocycles. The van der Waals surface area contributed by atoms with Crippen molar-refractivity contribution < 1.29 is 89.4 Å². The first-order valence-corrected chi connectivity index (χ1v) is 47.2. The van der Waals surface area contributed by atoms with Crippen LogP contribution in [0.4, 0.5) is 21.2 Å². The molecular weight excluding hydrogens is 1760 g/mol. The van der Waals surface area contributed by atoms with Gasteiger partial charge in [0.1, 0.15) is 13.2 Å². The first-order valence-electron chi connectivity index (χ1n) is 44.4. The fourth-order valence-electron chi connectivity index (χ4n) is 17.4. The molecular formula is C98H108N14O20P2. The van der Waals surface area contributed by atoms with Gasteiger partial charge in [-0.3, -0.25) is 4.79 Å². The molecule has 8 aromatic carbocycles. The number of hydrogen-bond acceptors (Lipinski definition) is 25. The summed E-state index contributed by atoms with van der Waals surface area (Å²) in [5.74, 6) is -1.18. The van der Waals surface area contributed by atoms with E-state index in [2.05, 4.69) is 77.0 Å². The number of aromatic nitrogens is 4. The van der Waals surface area contributed by atoms with Crippen molar-refractivity contribution in [2.45, 2.75) is 145 Å². The number of carbonyl (C=O) groups excluding carboxylic acids is 6. The Morgan fingerprint density at radius 3 is 1.81 bits per heavy atom. The molecule has 6 amide bonds. The van der Waals surface area contributed by atoms with Gasteiger partial charge in [-0.25, -0.2) is 9.59 Å². The summed E-state index contributed by atoms with van der Waals surface area (Å²) in [5, 5.41) is 26.7. The second kappa shape index (κ2) is 44.3. The molecule has 2 aliphatic carbocycles. The molecule has 3 aliphatic heterocycles. The van der Waals surface area contributed by atoms with Crippen LogP contribution in [0.25, 0.3) is 27.1 Å². The molecule has 7 N–H and O–H groups in total. The Balaban J connectivity index is 0.638. The van der Waals surface area contributed by atoms with Gasteiger partial charge in [-0.05, 0) is 68.6 Å². The van der Waals surface area contributed by atoms with Crippen LogP contribution in [0.5, 0.6) is 11.5 Å². The van der Waals surface area contributed by atoms with Gasteiger partial charge in [0, 0.05) is 37.5 Å². The van der Waals surface area contributed by atoms with Gasteiger partial charge >= 0.3 is 508 Å². The number of methoxy groups -OCH3 is 2. The zero-order valence-corrected chi connectivity index (χ0v) is 77.1. The maximum atomic E-state index is 14.4. The summed E-state index contributed by atoms with van der Waals surface area (Å²) in [4.78, 5) is 123. The standard InChI is InChI=1S/C98H108N14O20P2/c1-62(2)112(63(3)4)133(126-52-21-47-99)131-81-54-88(110-51-46-85(105-95(110)117)104-86(113)32-20-50-109(6)97(119)124-58-80-77-30-18-14-26-73(77)74-27-15-19-31-78(74)80)130-84(81)60-128-134(120,127-53-49-100-5)132-82-55-89(129-83(82)59-125-98(66-22-10-9-11-23-66,67-37-41-69(121-7)42-38-67)68-39-43-70(122-8)44-40-68)111-61-103-90-91(111)107-94(108-93(90)116)106-87(114)45-48-101-92(115)65-35-33-64(34-36-65)56-102-96(118)123-57-79-75-28-16-12-24-71(75)72-25-13-17-29-76(72)79/h9-19,22-31,33-44,46,51,61-63,79-84,88-89,94,107,120,134H,20-21,32,45,48-50,52-60H2,1-4,6-8H3,(H,101,115)(H,102,118)(H,106,114)(H,108,116)(H,104,105,113,117)/t81-,82-,83-,84-,88-,89-,94?,133?/m1/s1. The molecule has 134 heavy (non-hydrogen) atoms. The Hall–Kier alpha value is -12.9. The maximum absolute atomic E-state index is 14.4. The molecule has 0 saturated carbocycles. The number of nitrogens with zero attached hydrogens (tertiary/aromatic N) is 8. The number of fused-ring (bicyclic) bond motifs is 7. The van der Waals surface area contributed by atoms with Crippen molar-refractivity contribution in [2.75, 3.05) is 91.2 Å². The Morgan fingerprint density at radius 1 is 0.664 bits per heavy atom. The molecule has 0 bridgehead atoms. The predicted octanol–water partition coefficient (Wildman–Crippen LogP) is 14.2. The quantitative estimate of drug-likeness (QED) is 0.00808. The van der Waals surface area contributed by atoms with Gasteiger partial charge in [-0.2, -0.15) is 0 Å². The number of benzene rings is 8. The van der Waals surface area contributed by atoms with E-state index in [9.17, 15) is 43.7 Å². The Morgan fingerprint density at radius 2 is 1.23 bits per heavy atom. The van der Waals surface area contributed by atoms with E-state index in [0.29, 0.717) is 39.3 Å². The van der Waals surface area contributed by atoms with Crippen molar-refractivity contribution in [3.8, 4) is 39.8 Å². The molecule has 5 aliphatic rings. The van der Waals surface area contributed by atoms with Crippen LogP contribution in [-0.4, -0.2) is 193 Å². The number of amides is 6. The number of carbonyl (C=O) groups is 6. The van der Waals surface area contributed by atoms with Gasteiger partial charge in [0.15, 0.2) is 0 Å². The van der Waals surface area contributed by atoms with E-state index in [-0.39, 0.29) is 132 Å². The number of nitrogens with one attached hydrogen (secondary N) is 6. The third kappa shape index (κ3) is 22.4. The van der Waals surface area contributed by atoms with E-state index in [0.717, 1.165) is 44.5 Å². The van der Waals surface area contributed by atoms with Crippen LogP contribution in [0.2, 0.25) is 0 Å². The van der Waals surface area contributed by atoms with E-state index in [4.69, 9.17) is 62.3 Å². The van der Waals surface area contributed by atoms with Crippen molar-refractivity contribution in [3.63, 3.8) is 0 Å². The van der Waals surface area contributed by atoms with E-state index in [1.54, 1.807) is 50.1 Å². The van der Waals surface area contributed by atoms with Gasteiger partial charge in [0.25, 0.3) is 5.91 Å². The van der Waals surface area contributed by atoms with Crippen LogP contribution >= 0.6 is 16.7 Å². The molecule has 2 unspecified atom stereocenters. The minimum atomic E-state index is -5.20. The van der Waals surface area contributed by atoms with Crippen LogP contribution in [-0.2, 0) is 68.0 Å². The SMILES string of the molecule is [C-]#[N+]CCO[PH](O)(OC[C@H]1O[C@@H](n2ccc(NC(=O)CCCN(C)C(=O)OCC3c4ccccc4-c4ccccc43)nc2=O)C[C@H]1OP(OCCC#N)N(C(C)C)C(C)C)O[C@@H]1C[C@H](n2cnc3c2NC(NC(=O)CCNC(=O)c2ccc(CNC(=O)OCC4c5ccccc5-c5ccccc54)cc2)NC3=O)O[C@@H]1COC(c1ccccc1)(c1ccc(OC)cc1)c1ccc(OC)cc1. The monoisotopic (exact) mass is 1860 g/mol. The predicted molar refractivity (Wildman–Crippen MR) is 499 cm³/mol. The molecule has 36 heteroatoms. The molecule has 15 rings (SSSR count). The summed E-state index contributed by atoms with van der Waals surface area (Å²) in [5.41, 5.74) is 9.50. The average molecular weight is 1860 g/mol. The fourth-order valence-corrected chi connectivity index (χ4v) is 20.7. The summed E-state index contributed by atoms with van der Waals surface area (Å²) in [7, 11) is -2.47. The summed E-state index contributed by atoms with van der Waals surface area (Å²) in [6.45, 7) is 14.7. The summed E-state index contributed by atoms with van der Waals surface area (Å²) < 4.78 is 82.1. The summed E-state index contributed by atoms with van der Waals surface area (Å²) in [6.07, 6.45) is -6.55. The van der Waals surface area contributed by atoms with E-state index in [1.165, 1.54) is 28.1 Å². The van der Waals surface area contributed by atoms with Crippen LogP contribution in [0, 0.1) is 17.9 Å². The molecule has 0 spiro atoms. The molecule has 2 fully saturated rings. The minimum absolute atomic E-state index is 0.00139. The van der Waals surface area contributed by atoms with Gasteiger partial charge < -0.3 is 25.0 Å². The number of ether oxygens (including phenoxy) is 7. The van der Waals surface area contributed by atoms with Crippen LogP contribution in [0.3, 0.4) is 0 Å². The normalized spacial score (nSPS) is 18.0. The number of rotatable bonds is 42. The number of alkyl carbamates (subject to hydrolysis) is 1. The summed E-state index contributed by atoms with van der Waals surface area (Å²) in [6, 6.07) is 66.4. The van der Waals surface area contributed by atoms with E-state index >= 15 is 0 Å². The topological polar surface area (TPSA) is 393 Å². The van der Waals surface area contributed by atoms with Crippen molar-refractivity contribution >= 4 is 64.1 Å². The number of anilines is 2. The van der Waals surface area contributed by atoms with Crippen LogP contribution < -0.4 is 47.1 Å². The van der Waals surface area contributed by atoms with Crippen molar-refractivity contribution in [2.24, 2.45) is 0 Å². The van der Waals surface area contributed by atoms with Crippen molar-refractivity contribution in [1.82, 2.24) is 49.9 Å². The average Bonchev–Trinajstić information content (AvgIpc) is 0.764. The number of imidazole rings is 1. The van der Waals surface area contributed by atoms with E-state index in [1.807, 2.05) is 184 Å². The summed E-state index contributed by atoms with van der Waals surface area (Å²) >= 11 is 0. The molecule has 0 radical (unpaired) electrons. The van der Waals surface area contributed by atoms with Crippen molar-refractivity contribution in [3.05, 3.63) is 296 Å². The molecule has 5 heterocycles. The molecule has 10 aromatic rings. The van der Waals surface area contributed by atoms with Crippen molar-refractivity contribution in [1.29, 1.82) is 5.26 Å². The van der Waals surface area contributed by atoms with Gasteiger partial charge in [0.2, 0.25) is 0 Å². The zero-order chi connectivity index (χ0) is 94.0. The van der Waals surface area contributed by atoms with E-state index < -0.39 is 120 Å². The third-order valence-corrected chi connectivity index (χ3v) is 27.7. The second-order valence-electron chi connectivity index (χ2n) is 33.2. The van der Waals surface area contributed by atoms with Gasteiger partial charge in [-0.15, -0.1) is 0 Å². The first kappa shape index (κ1) is 95.7. The first-order chi connectivity index (χ1) is 65.0. The Labute approximate surface area is 777 Å². The number of hydrogen-bond donors (Lipinski definition) is 7. The molecule has 34 nitrogen and oxygen atoms in total. The molecule has 700 valence electrons. The second-order valence-corrected chi connectivity index (χ2v) is 36.5. The number of nitriles is 1. The Kier molecular flexibility index (Phi) is 31.6. The van der Waals surface area contributed by atoms with Crippen LogP contribution in [0.15, 0.2) is 224 Å². The van der Waals surface area contributed by atoms with Gasteiger partial charge in [0.05, 0.1) is 0 Å². The van der Waals surface area contributed by atoms with Gasteiger partial charge in [-0.1, -0.05) is 109 Å². The molecule has 2 aromatic heterocycles. The third-order valence-electron chi connectivity index (χ3n) is 23.9. The zero-order valence-electron chi connectivity index (χ0n) is 75.2. The fraction of sp³-hybridized carbons (Fsp3) is 0.357. The molecule has 8 atom stereocenters. The Bertz CT molecular complexity index is 5800.